The van der Waals surface area contributed by atoms with Crippen molar-refractivity contribution in [2.45, 2.75) is 23.8 Å². The van der Waals surface area contributed by atoms with Gasteiger partial charge in [0, 0.05) is 11.0 Å². The number of aromatic nitrogens is 1. The number of nitrogens with zero attached hydrogens (tertiary/aromatic N) is 2. The molecule has 9 heteroatoms. The molecule has 1 atom stereocenters. The molecule has 0 saturated carbocycles. The maximum absolute atomic E-state index is 13.0. The lowest BCUT2D eigenvalue weighted by Gasteiger charge is -2.23. The number of amides is 1. The van der Waals surface area contributed by atoms with E-state index in [9.17, 15) is 13.2 Å². The van der Waals surface area contributed by atoms with Crippen LogP contribution in [0.25, 0.3) is 10.2 Å². The Morgan fingerprint density at radius 2 is 1.93 bits per heavy atom. The number of thiazole rings is 1. The second-order valence-electron chi connectivity index (χ2n) is 6.20. The highest BCUT2D eigenvalue weighted by Crippen LogP contribution is 2.29. The molecule has 2 aromatic carbocycles. The Hall–Kier alpha value is -1.81. The molecule has 0 bridgehead atoms. The molecule has 1 aromatic heterocycles. The normalized spacial score (nSPS) is 18.0. The summed E-state index contributed by atoms with van der Waals surface area (Å²) in [6, 6.07) is 13.3. The van der Waals surface area contributed by atoms with Crippen molar-refractivity contribution in [3.63, 3.8) is 0 Å². The molecule has 1 fully saturated rings. The number of fused-ring (bicyclic) bond motifs is 1. The Kier molecular flexibility index (Phi) is 5.02. The van der Waals surface area contributed by atoms with Crippen LogP contribution in [0.1, 0.15) is 12.8 Å². The third-order valence-corrected chi connectivity index (χ3v) is 7.85. The van der Waals surface area contributed by atoms with Crippen LogP contribution in [0.5, 0.6) is 0 Å². The highest BCUT2D eigenvalue weighted by molar-refractivity contribution is 9.10. The van der Waals surface area contributed by atoms with Crippen LogP contribution in [0.4, 0.5) is 5.13 Å². The van der Waals surface area contributed by atoms with E-state index in [1.54, 1.807) is 24.3 Å². The van der Waals surface area contributed by atoms with Gasteiger partial charge in [0.15, 0.2) is 5.13 Å². The lowest BCUT2D eigenvalue weighted by Crippen LogP contribution is -2.43. The Balaban J connectivity index is 1.56. The lowest BCUT2D eigenvalue weighted by molar-refractivity contribution is -0.119. The van der Waals surface area contributed by atoms with Crippen molar-refractivity contribution >= 4 is 58.5 Å². The standard InChI is InChI=1S/C18H16BrN3O3S2/c19-12-7-9-13(10-8-12)27(24,25)22-11-3-5-15(22)17(23)21-18-20-14-4-1-2-6-16(14)26-18/h1-2,4,6-10,15H,3,5,11H2,(H,20,21,23). The van der Waals surface area contributed by atoms with E-state index in [2.05, 4.69) is 26.2 Å². The van der Waals surface area contributed by atoms with Gasteiger partial charge in [-0.25, -0.2) is 13.4 Å². The van der Waals surface area contributed by atoms with Gasteiger partial charge in [0.25, 0.3) is 0 Å². The highest BCUT2D eigenvalue weighted by atomic mass is 79.9. The van der Waals surface area contributed by atoms with Crippen LogP contribution in [-0.4, -0.2) is 36.2 Å². The summed E-state index contributed by atoms with van der Waals surface area (Å²) in [5, 5.41) is 3.27. The highest BCUT2D eigenvalue weighted by Gasteiger charge is 2.39. The molecule has 1 N–H and O–H groups in total. The first-order chi connectivity index (χ1) is 12.9. The Morgan fingerprint density at radius 1 is 1.19 bits per heavy atom. The van der Waals surface area contributed by atoms with Gasteiger partial charge in [0.2, 0.25) is 15.9 Å². The molecule has 1 aliphatic heterocycles. The predicted octanol–water partition coefficient (Wildman–Crippen LogP) is 3.85. The number of para-hydroxylation sites is 1. The Bertz CT molecular complexity index is 1060. The minimum absolute atomic E-state index is 0.186. The number of rotatable bonds is 4. The van der Waals surface area contributed by atoms with Crippen LogP contribution >= 0.6 is 27.3 Å². The molecule has 0 radical (unpaired) electrons. The summed E-state index contributed by atoms with van der Waals surface area (Å²) in [4.78, 5) is 17.4. The zero-order valence-corrected chi connectivity index (χ0v) is 17.4. The zero-order chi connectivity index (χ0) is 19.0. The fourth-order valence-corrected chi connectivity index (χ4v) is 5.94. The number of benzene rings is 2. The summed E-state index contributed by atoms with van der Waals surface area (Å²) in [7, 11) is -3.73. The van der Waals surface area contributed by atoms with E-state index in [0.717, 1.165) is 14.7 Å². The van der Waals surface area contributed by atoms with Crippen molar-refractivity contribution < 1.29 is 13.2 Å². The van der Waals surface area contributed by atoms with Gasteiger partial charge >= 0.3 is 0 Å². The molecule has 0 aliphatic carbocycles. The molecule has 1 unspecified atom stereocenters. The molecule has 0 spiro atoms. The number of nitrogens with one attached hydrogen (secondary N) is 1. The van der Waals surface area contributed by atoms with Crippen LogP contribution in [0.3, 0.4) is 0 Å². The summed E-state index contributed by atoms with van der Waals surface area (Å²) in [6.07, 6.45) is 1.14. The second kappa shape index (κ2) is 7.31. The van der Waals surface area contributed by atoms with Gasteiger partial charge in [-0.3, -0.25) is 4.79 Å². The quantitative estimate of drug-likeness (QED) is 0.634. The molecule has 6 nitrogen and oxygen atoms in total. The van der Waals surface area contributed by atoms with Gasteiger partial charge in [-0.1, -0.05) is 39.4 Å². The number of halogens is 1. The van der Waals surface area contributed by atoms with E-state index in [1.165, 1.54) is 15.6 Å². The van der Waals surface area contributed by atoms with Crippen molar-refractivity contribution in [2.24, 2.45) is 0 Å². The Morgan fingerprint density at radius 3 is 2.67 bits per heavy atom. The van der Waals surface area contributed by atoms with E-state index in [0.29, 0.717) is 24.5 Å². The summed E-state index contributed by atoms with van der Waals surface area (Å²) in [6.45, 7) is 0.330. The molecule has 4 rings (SSSR count). The number of anilines is 1. The molecule has 2 heterocycles. The predicted molar refractivity (Wildman–Crippen MR) is 109 cm³/mol. The van der Waals surface area contributed by atoms with Crippen LogP contribution in [-0.2, 0) is 14.8 Å². The first kappa shape index (κ1) is 18.5. The second-order valence-corrected chi connectivity index (χ2v) is 10.0. The number of sulfonamides is 1. The summed E-state index contributed by atoms with van der Waals surface area (Å²) in [5.74, 6) is -0.341. The number of carbonyl (C=O) groups excluding carboxylic acids is 1. The largest absolute Gasteiger partial charge is 0.301 e. The van der Waals surface area contributed by atoms with E-state index < -0.39 is 16.1 Å². The average molecular weight is 466 g/mol. The molecular formula is C18H16BrN3O3S2. The van der Waals surface area contributed by atoms with Gasteiger partial charge < -0.3 is 5.32 Å². The van der Waals surface area contributed by atoms with E-state index in [-0.39, 0.29) is 10.8 Å². The zero-order valence-electron chi connectivity index (χ0n) is 14.1. The number of carbonyl (C=O) groups is 1. The van der Waals surface area contributed by atoms with Crippen molar-refractivity contribution in [1.29, 1.82) is 0 Å². The molecule has 1 saturated heterocycles. The first-order valence-electron chi connectivity index (χ1n) is 8.39. The fraction of sp³-hybridized carbons (Fsp3) is 0.222. The van der Waals surface area contributed by atoms with Gasteiger partial charge in [0.1, 0.15) is 6.04 Å². The third kappa shape index (κ3) is 3.64. The fourth-order valence-electron chi connectivity index (χ4n) is 3.15. The van der Waals surface area contributed by atoms with Crippen molar-refractivity contribution in [3.05, 3.63) is 53.0 Å². The van der Waals surface area contributed by atoms with Crippen LogP contribution in [0.15, 0.2) is 57.9 Å². The minimum Gasteiger partial charge on any atom is -0.301 e. The van der Waals surface area contributed by atoms with Crippen molar-refractivity contribution in [1.82, 2.24) is 9.29 Å². The van der Waals surface area contributed by atoms with Gasteiger partial charge in [-0.05, 0) is 49.2 Å². The van der Waals surface area contributed by atoms with Crippen molar-refractivity contribution in [2.75, 3.05) is 11.9 Å². The van der Waals surface area contributed by atoms with Crippen LogP contribution in [0.2, 0.25) is 0 Å². The minimum atomic E-state index is -3.73. The summed E-state index contributed by atoms with van der Waals surface area (Å²) in [5.41, 5.74) is 0.809. The maximum atomic E-state index is 13.0. The molecule has 140 valence electrons. The SMILES string of the molecule is O=C(Nc1nc2ccccc2s1)C1CCCN1S(=O)(=O)c1ccc(Br)cc1. The van der Waals surface area contributed by atoms with Gasteiger partial charge in [0.05, 0.1) is 15.1 Å². The molecule has 3 aromatic rings. The van der Waals surface area contributed by atoms with E-state index in [1.807, 2.05) is 24.3 Å². The molecule has 1 amide bonds. The van der Waals surface area contributed by atoms with Crippen molar-refractivity contribution in [3.8, 4) is 0 Å². The van der Waals surface area contributed by atoms with Gasteiger partial charge in [-0.15, -0.1) is 0 Å². The lowest BCUT2D eigenvalue weighted by atomic mass is 10.2. The number of hydrogen-bond acceptors (Lipinski definition) is 5. The third-order valence-electron chi connectivity index (χ3n) is 4.45. The van der Waals surface area contributed by atoms with E-state index >= 15 is 0 Å². The first-order valence-corrected chi connectivity index (χ1v) is 11.4. The van der Waals surface area contributed by atoms with Crippen LogP contribution in [0, 0.1) is 0 Å². The average Bonchev–Trinajstić information content (AvgIpc) is 3.29. The monoisotopic (exact) mass is 465 g/mol. The maximum Gasteiger partial charge on any atom is 0.244 e. The Labute approximate surface area is 169 Å². The van der Waals surface area contributed by atoms with E-state index in [4.69, 9.17) is 0 Å². The summed E-state index contributed by atoms with van der Waals surface area (Å²) < 4.78 is 29.0. The number of hydrogen-bond donors (Lipinski definition) is 1. The van der Waals surface area contributed by atoms with Crippen LogP contribution < -0.4 is 5.32 Å². The van der Waals surface area contributed by atoms with Gasteiger partial charge in [-0.2, -0.15) is 4.31 Å². The smallest absolute Gasteiger partial charge is 0.244 e. The molecule has 27 heavy (non-hydrogen) atoms. The summed E-state index contributed by atoms with van der Waals surface area (Å²) >= 11 is 4.68. The molecular weight excluding hydrogens is 450 g/mol. The topological polar surface area (TPSA) is 79.4 Å². The molecule has 1 aliphatic rings.